The van der Waals surface area contributed by atoms with Gasteiger partial charge in [0.2, 0.25) is 5.95 Å². The number of hydrogen-bond acceptors (Lipinski definition) is 5. The molecule has 0 spiro atoms. The zero-order chi connectivity index (χ0) is 11.8. The Morgan fingerprint density at radius 3 is 2.27 bits per heavy atom. The molecule has 0 saturated heterocycles. The number of nitrogen functional groups attached to an aromatic ring is 1. The van der Waals surface area contributed by atoms with Gasteiger partial charge >= 0.3 is 0 Å². The first kappa shape index (κ1) is 11.5. The summed E-state index contributed by atoms with van der Waals surface area (Å²) in [5.74, 6) is 5.99. The van der Waals surface area contributed by atoms with E-state index >= 15 is 0 Å². The Hall–Kier alpha value is -1.59. The summed E-state index contributed by atoms with van der Waals surface area (Å²) in [5, 5.41) is 4.04. The maximum atomic E-state index is 11.7. The minimum absolute atomic E-state index is 0.326. The standard InChI is InChI=1S/C9H17N5O/c1-9(2,3)6-7(15)11-8(13(4)5)14(10)12-6/h10H2,1-5H3. The molecule has 1 aromatic heterocycles. The van der Waals surface area contributed by atoms with Crippen LogP contribution in [0.1, 0.15) is 26.5 Å². The van der Waals surface area contributed by atoms with Gasteiger partial charge in [-0.2, -0.15) is 4.98 Å². The summed E-state index contributed by atoms with van der Waals surface area (Å²) < 4.78 is 0. The molecule has 1 heterocycles. The SMILES string of the molecule is CN(C)c1nc(=O)c(C(C)(C)C)nn1N. The molecular weight excluding hydrogens is 194 g/mol. The molecule has 0 atom stereocenters. The second-order valence-electron chi connectivity index (χ2n) is 4.65. The monoisotopic (exact) mass is 211 g/mol. The Morgan fingerprint density at radius 2 is 1.87 bits per heavy atom. The van der Waals surface area contributed by atoms with Crippen molar-refractivity contribution in [2.45, 2.75) is 26.2 Å². The van der Waals surface area contributed by atoms with Crippen LogP contribution < -0.4 is 16.3 Å². The van der Waals surface area contributed by atoms with E-state index in [1.165, 1.54) is 0 Å². The van der Waals surface area contributed by atoms with Crippen molar-refractivity contribution in [1.29, 1.82) is 0 Å². The molecule has 0 bridgehead atoms. The molecular formula is C9H17N5O. The summed E-state index contributed by atoms with van der Waals surface area (Å²) in [6.07, 6.45) is 0. The summed E-state index contributed by atoms with van der Waals surface area (Å²) in [6.45, 7) is 5.69. The fourth-order valence-electron chi connectivity index (χ4n) is 1.17. The fraction of sp³-hybridized carbons (Fsp3) is 0.667. The summed E-state index contributed by atoms with van der Waals surface area (Å²) in [7, 11) is 3.51. The molecule has 6 heteroatoms. The van der Waals surface area contributed by atoms with Gasteiger partial charge in [0.15, 0.2) is 0 Å². The lowest BCUT2D eigenvalue weighted by atomic mass is 9.93. The van der Waals surface area contributed by atoms with Crippen LogP contribution in [0, 0.1) is 0 Å². The molecule has 0 aliphatic rings. The van der Waals surface area contributed by atoms with E-state index in [0.717, 1.165) is 4.79 Å². The zero-order valence-corrected chi connectivity index (χ0v) is 9.77. The van der Waals surface area contributed by atoms with Crippen LogP contribution in [0.15, 0.2) is 4.79 Å². The number of rotatable bonds is 1. The van der Waals surface area contributed by atoms with E-state index in [2.05, 4.69) is 10.1 Å². The van der Waals surface area contributed by atoms with Crippen molar-refractivity contribution in [3.63, 3.8) is 0 Å². The second kappa shape index (κ2) is 3.52. The zero-order valence-electron chi connectivity index (χ0n) is 9.77. The maximum Gasteiger partial charge on any atom is 0.297 e. The normalized spacial score (nSPS) is 11.5. The van der Waals surface area contributed by atoms with Gasteiger partial charge in [0.05, 0.1) is 0 Å². The third kappa shape index (κ3) is 2.26. The average molecular weight is 211 g/mol. The average Bonchev–Trinajstić information content (AvgIpc) is 2.06. The Labute approximate surface area is 88.7 Å². The molecule has 2 N–H and O–H groups in total. The number of hydrogen-bond donors (Lipinski definition) is 1. The van der Waals surface area contributed by atoms with Gasteiger partial charge in [-0.3, -0.25) is 4.79 Å². The van der Waals surface area contributed by atoms with Crippen LogP contribution in [-0.2, 0) is 5.41 Å². The first-order valence-electron chi connectivity index (χ1n) is 4.67. The molecule has 15 heavy (non-hydrogen) atoms. The van der Waals surface area contributed by atoms with E-state index in [-0.39, 0.29) is 11.0 Å². The van der Waals surface area contributed by atoms with Gasteiger partial charge < -0.3 is 10.7 Å². The molecule has 0 aromatic carbocycles. The maximum absolute atomic E-state index is 11.7. The third-order valence-electron chi connectivity index (χ3n) is 1.93. The Morgan fingerprint density at radius 1 is 1.33 bits per heavy atom. The summed E-state index contributed by atoms with van der Waals surface area (Å²) in [6, 6.07) is 0. The molecule has 6 nitrogen and oxygen atoms in total. The van der Waals surface area contributed by atoms with Crippen LogP contribution in [0.4, 0.5) is 5.95 Å². The van der Waals surface area contributed by atoms with E-state index in [1.807, 2.05) is 20.8 Å². The van der Waals surface area contributed by atoms with E-state index in [9.17, 15) is 4.79 Å². The lowest BCUT2D eigenvalue weighted by Gasteiger charge is -2.19. The quantitative estimate of drug-likeness (QED) is 0.646. The fourth-order valence-corrected chi connectivity index (χ4v) is 1.17. The largest absolute Gasteiger partial charge is 0.346 e. The van der Waals surface area contributed by atoms with Crippen LogP contribution >= 0.6 is 0 Å². The topological polar surface area (TPSA) is 77.0 Å². The molecule has 0 aliphatic carbocycles. The van der Waals surface area contributed by atoms with Crippen molar-refractivity contribution in [3.8, 4) is 0 Å². The predicted octanol–water partition coefficient (Wildman–Crippen LogP) is -0.284. The minimum Gasteiger partial charge on any atom is -0.346 e. The molecule has 0 amide bonds. The lowest BCUT2D eigenvalue weighted by molar-refractivity contribution is 0.527. The van der Waals surface area contributed by atoms with Gasteiger partial charge in [-0.15, -0.1) is 9.89 Å². The second-order valence-corrected chi connectivity index (χ2v) is 4.65. The first-order valence-corrected chi connectivity index (χ1v) is 4.67. The van der Waals surface area contributed by atoms with Crippen LogP contribution in [0.2, 0.25) is 0 Å². The van der Waals surface area contributed by atoms with Gasteiger partial charge in [0.25, 0.3) is 5.56 Å². The highest BCUT2D eigenvalue weighted by molar-refractivity contribution is 5.27. The number of nitrogens with zero attached hydrogens (tertiary/aromatic N) is 4. The molecule has 0 unspecified atom stereocenters. The molecule has 0 saturated carbocycles. The van der Waals surface area contributed by atoms with E-state index in [1.54, 1.807) is 19.0 Å². The number of aromatic nitrogens is 3. The van der Waals surface area contributed by atoms with Crippen LogP contribution in [0.25, 0.3) is 0 Å². The molecule has 0 fully saturated rings. The highest BCUT2D eigenvalue weighted by Crippen LogP contribution is 2.15. The van der Waals surface area contributed by atoms with Crippen molar-refractivity contribution in [1.82, 2.24) is 14.9 Å². The highest BCUT2D eigenvalue weighted by atomic mass is 16.1. The van der Waals surface area contributed by atoms with Gasteiger partial charge in [-0.05, 0) is 0 Å². The molecule has 1 aromatic rings. The Kier molecular flexibility index (Phi) is 2.70. The van der Waals surface area contributed by atoms with Crippen LogP contribution in [0.5, 0.6) is 0 Å². The molecule has 0 aliphatic heterocycles. The van der Waals surface area contributed by atoms with E-state index in [0.29, 0.717) is 11.6 Å². The first-order chi connectivity index (χ1) is 6.73. The Bertz CT molecular complexity index is 415. The Balaban J connectivity index is 3.39. The lowest BCUT2D eigenvalue weighted by Crippen LogP contribution is -2.35. The number of nitrogens with two attached hydrogens (primary N) is 1. The van der Waals surface area contributed by atoms with Crippen LogP contribution in [-0.4, -0.2) is 29.0 Å². The highest BCUT2D eigenvalue weighted by Gasteiger charge is 2.22. The predicted molar refractivity (Wildman–Crippen MR) is 59.5 cm³/mol. The van der Waals surface area contributed by atoms with Crippen molar-refractivity contribution < 1.29 is 0 Å². The summed E-state index contributed by atoms with van der Waals surface area (Å²) in [5.41, 5.74) is -0.306. The van der Waals surface area contributed by atoms with Gasteiger partial charge in [-0.25, -0.2) is 0 Å². The molecule has 84 valence electrons. The van der Waals surface area contributed by atoms with Crippen molar-refractivity contribution in [2.24, 2.45) is 0 Å². The van der Waals surface area contributed by atoms with Crippen LogP contribution in [0.3, 0.4) is 0 Å². The van der Waals surface area contributed by atoms with Gasteiger partial charge in [0.1, 0.15) is 5.69 Å². The molecule has 1 rings (SSSR count). The summed E-state index contributed by atoms with van der Waals surface area (Å²) in [4.78, 5) is 18.3. The van der Waals surface area contributed by atoms with Crippen molar-refractivity contribution in [2.75, 3.05) is 24.8 Å². The minimum atomic E-state index is -0.351. The number of anilines is 1. The van der Waals surface area contributed by atoms with Gasteiger partial charge in [-0.1, -0.05) is 20.8 Å². The van der Waals surface area contributed by atoms with Crippen molar-refractivity contribution >= 4 is 5.95 Å². The van der Waals surface area contributed by atoms with E-state index in [4.69, 9.17) is 5.84 Å². The smallest absolute Gasteiger partial charge is 0.297 e. The van der Waals surface area contributed by atoms with E-state index < -0.39 is 0 Å². The summed E-state index contributed by atoms with van der Waals surface area (Å²) >= 11 is 0. The van der Waals surface area contributed by atoms with Crippen molar-refractivity contribution in [3.05, 3.63) is 16.0 Å². The molecule has 0 radical (unpaired) electrons. The van der Waals surface area contributed by atoms with Gasteiger partial charge in [0, 0.05) is 19.5 Å². The third-order valence-corrected chi connectivity index (χ3v) is 1.93.